The first kappa shape index (κ1) is 14.3. The summed E-state index contributed by atoms with van der Waals surface area (Å²) in [5.74, 6) is 1.22. The van der Waals surface area contributed by atoms with Crippen LogP contribution in [0, 0.1) is 0 Å². The van der Waals surface area contributed by atoms with Gasteiger partial charge in [-0.05, 0) is 36.4 Å². The molecule has 0 radical (unpaired) electrons. The quantitative estimate of drug-likeness (QED) is 0.946. The van der Waals surface area contributed by atoms with E-state index in [9.17, 15) is 4.79 Å². The smallest absolute Gasteiger partial charge is 0.255 e. The Morgan fingerprint density at radius 1 is 1.00 bits per heavy atom. The number of rotatable bonds is 3. The van der Waals surface area contributed by atoms with Crippen LogP contribution in [-0.2, 0) is 0 Å². The van der Waals surface area contributed by atoms with Gasteiger partial charge in [0.25, 0.3) is 5.91 Å². The fourth-order valence-electron chi connectivity index (χ4n) is 2.24. The number of carbonyl (C=O) groups excluding carboxylic acids is 1. The Bertz CT molecular complexity index is 681. The fraction of sp³-hybridized carbons (Fsp3) is 0.235. The first-order valence-electron chi connectivity index (χ1n) is 7.12. The van der Waals surface area contributed by atoms with Crippen LogP contribution in [-0.4, -0.2) is 33.2 Å². The molecule has 0 saturated heterocycles. The number of hydrogen-bond donors (Lipinski definition) is 1. The molecule has 0 spiro atoms. The van der Waals surface area contributed by atoms with E-state index in [4.69, 9.17) is 9.47 Å². The molecule has 1 aliphatic rings. The van der Waals surface area contributed by atoms with Gasteiger partial charge in [0.15, 0.2) is 11.5 Å². The molecule has 5 nitrogen and oxygen atoms in total. The molecule has 5 heteroatoms. The van der Waals surface area contributed by atoms with Gasteiger partial charge in [0.1, 0.15) is 13.2 Å². The molecule has 2 aromatic carbocycles. The number of fused-ring (bicyclic) bond motifs is 1. The maximum atomic E-state index is 12.3. The van der Waals surface area contributed by atoms with Crippen LogP contribution in [0.25, 0.3) is 0 Å². The lowest BCUT2D eigenvalue weighted by atomic mass is 10.1. The molecule has 0 aromatic heterocycles. The number of anilines is 2. The molecule has 114 valence electrons. The second kappa shape index (κ2) is 5.97. The summed E-state index contributed by atoms with van der Waals surface area (Å²) >= 11 is 0. The maximum absolute atomic E-state index is 12.3. The number of nitrogens with zero attached hydrogens (tertiary/aromatic N) is 1. The van der Waals surface area contributed by atoms with Crippen LogP contribution in [0.3, 0.4) is 0 Å². The van der Waals surface area contributed by atoms with E-state index in [1.165, 1.54) is 0 Å². The Labute approximate surface area is 129 Å². The predicted molar refractivity (Wildman–Crippen MR) is 86.2 cm³/mol. The molecular weight excluding hydrogens is 280 g/mol. The molecule has 22 heavy (non-hydrogen) atoms. The molecule has 3 rings (SSSR count). The molecular formula is C17H18N2O3. The van der Waals surface area contributed by atoms with Gasteiger partial charge in [-0.3, -0.25) is 4.79 Å². The molecule has 0 unspecified atom stereocenters. The summed E-state index contributed by atoms with van der Waals surface area (Å²) in [6, 6.07) is 12.8. The predicted octanol–water partition coefficient (Wildman–Crippen LogP) is 2.78. The molecule has 0 saturated carbocycles. The molecule has 0 aliphatic carbocycles. The monoisotopic (exact) mass is 298 g/mol. The zero-order chi connectivity index (χ0) is 15.5. The van der Waals surface area contributed by atoms with Crippen molar-refractivity contribution in [3.05, 3.63) is 48.0 Å². The van der Waals surface area contributed by atoms with Gasteiger partial charge in [0.2, 0.25) is 0 Å². The van der Waals surface area contributed by atoms with Crippen molar-refractivity contribution in [2.24, 2.45) is 0 Å². The van der Waals surface area contributed by atoms with Gasteiger partial charge >= 0.3 is 0 Å². The van der Waals surface area contributed by atoms with Crippen LogP contribution in [0.1, 0.15) is 10.4 Å². The van der Waals surface area contributed by atoms with Gasteiger partial charge in [0.05, 0.1) is 0 Å². The fourth-order valence-corrected chi connectivity index (χ4v) is 2.24. The number of carbonyl (C=O) groups is 1. The van der Waals surface area contributed by atoms with Crippen molar-refractivity contribution in [2.75, 3.05) is 37.5 Å². The van der Waals surface area contributed by atoms with Gasteiger partial charge in [-0.1, -0.05) is 0 Å². The molecule has 1 amide bonds. The SMILES string of the molecule is CN(C)c1ccc(C(=O)Nc2ccc3c(c2)OCCO3)cc1. The number of nitrogens with one attached hydrogen (secondary N) is 1. The number of ether oxygens (including phenoxy) is 2. The van der Waals surface area contributed by atoms with E-state index in [-0.39, 0.29) is 5.91 Å². The third kappa shape index (κ3) is 2.98. The normalized spacial score (nSPS) is 12.6. The van der Waals surface area contributed by atoms with Crippen molar-refractivity contribution >= 4 is 17.3 Å². The Morgan fingerprint density at radius 3 is 2.36 bits per heavy atom. The van der Waals surface area contributed by atoms with Crippen molar-refractivity contribution in [1.29, 1.82) is 0 Å². The maximum Gasteiger partial charge on any atom is 0.255 e. The van der Waals surface area contributed by atoms with E-state index in [1.54, 1.807) is 18.2 Å². The van der Waals surface area contributed by atoms with E-state index in [0.717, 1.165) is 5.69 Å². The lowest BCUT2D eigenvalue weighted by molar-refractivity contribution is 0.102. The third-order valence-electron chi connectivity index (χ3n) is 3.45. The molecule has 0 fully saturated rings. The minimum absolute atomic E-state index is 0.151. The highest BCUT2D eigenvalue weighted by molar-refractivity contribution is 6.04. The van der Waals surface area contributed by atoms with Crippen molar-refractivity contribution in [3.8, 4) is 11.5 Å². The van der Waals surface area contributed by atoms with Crippen LogP contribution in [0.4, 0.5) is 11.4 Å². The molecule has 1 heterocycles. The van der Waals surface area contributed by atoms with E-state index in [0.29, 0.717) is 36.0 Å². The number of benzene rings is 2. The Hall–Kier alpha value is -2.69. The highest BCUT2D eigenvalue weighted by Crippen LogP contribution is 2.32. The minimum atomic E-state index is -0.151. The van der Waals surface area contributed by atoms with Crippen LogP contribution >= 0.6 is 0 Å². The third-order valence-corrected chi connectivity index (χ3v) is 3.45. The molecule has 2 aromatic rings. The summed E-state index contributed by atoms with van der Waals surface area (Å²) in [6.07, 6.45) is 0. The molecule has 1 aliphatic heterocycles. The van der Waals surface area contributed by atoms with E-state index in [2.05, 4.69) is 5.32 Å². The topological polar surface area (TPSA) is 50.8 Å². The lowest BCUT2D eigenvalue weighted by Crippen LogP contribution is -2.16. The van der Waals surface area contributed by atoms with Gasteiger partial charge in [0, 0.05) is 37.1 Å². The number of hydrogen-bond acceptors (Lipinski definition) is 4. The zero-order valence-electron chi connectivity index (χ0n) is 12.6. The largest absolute Gasteiger partial charge is 0.486 e. The summed E-state index contributed by atoms with van der Waals surface area (Å²) < 4.78 is 11.0. The second-order valence-corrected chi connectivity index (χ2v) is 5.25. The van der Waals surface area contributed by atoms with Crippen molar-refractivity contribution in [3.63, 3.8) is 0 Å². The van der Waals surface area contributed by atoms with Gasteiger partial charge in [-0.15, -0.1) is 0 Å². The number of amides is 1. The summed E-state index contributed by atoms with van der Waals surface area (Å²) in [4.78, 5) is 14.3. The summed E-state index contributed by atoms with van der Waals surface area (Å²) in [7, 11) is 3.93. The van der Waals surface area contributed by atoms with Crippen LogP contribution in [0.5, 0.6) is 11.5 Å². The highest BCUT2D eigenvalue weighted by Gasteiger charge is 2.13. The minimum Gasteiger partial charge on any atom is -0.486 e. The Balaban J connectivity index is 1.73. The van der Waals surface area contributed by atoms with Gasteiger partial charge < -0.3 is 19.7 Å². The summed E-state index contributed by atoms with van der Waals surface area (Å²) in [5.41, 5.74) is 2.35. The average molecular weight is 298 g/mol. The lowest BCUT2D eigenvalue weighted by Gasteiger charge is -2.19. The first-order chi connectivity index (χ1) is 10.6. The molecule has 1 N–H and O–H groups in total. The van der Waals surface area contributed by atoms with Crippen LogP contribution in [0.2, 0.25) is 0 Å². The standard InChI is InChI=1S/C17H18N2O3/c1-19(2)14-6-3-12(4-7-14)17(20)18-13-5-8-15-16(11-13)22-10-9-21-15/h3-8,11H,9-10H2,1-2H3,(H,18,20). The van der Waals surface area contributed by atoms with Gasteiger partial charge in [-0.2, -0.15) is 0 Å². The summed E-state index contributed by atoms with van der Waals surface area (Å²) in [5, 5.41) is 2.87. The Morgan fingerprint density at radius 2 is 1.68 bits per heavy atom. The van der Waals surface area contributed by atoms with Gasteiger partial charge in [-0.25, -0.2) is 0 Å². The van der Waals surface area contributed by atoms with Crippen molar-refractivity contribution in [1.82, 2.24) is 0 Å². The van der Waals surface area contributed by atoms with Crippen molar-refractivity contribution < 1.29 is 14.3 Å². The summed E-state index contributed by atoms with van der Waals surface area (Å²) in [6.45, 7) is 1.08. The van der Waals surface area contributed by atoms with Crippen LogP contribution < -0.4 is 19.7 Å². The first-order valence-corrected chi connectivity index (χ1v) is 7.12. The highest BCUT2D eigenvalue weighted by atomic mass is 16.6. The average Bonchev–Trinajstić information content (AvgIpc) is 2.55. The second-order valence-electron chi connectivity index (χ2n) is 5.25. The van der Waals surface area contributed by atoms with Crippen LogP contribution in [0.15, 0.2) is 42.5 Å². The Kier molecular flexibility index (Phi) is 3.87. The molecule has 0 bridgehead atoms. The van der Waals surface area contributed by atoms with Crippen molar-refractivity contribution in [2.45, 2.75) is 0 Å². The van der Waals surface area contributed by atoms with E-state index < -0.39 is 0 Å². The molecule has 0 atom stereocenters. The zero-order valence-corrected chi connectivity index (χ0v) is 12.6. The van der Waals surface area contributed by atoms with E-state index in [1.807, 2.05) is 43.3 Å². The van der Waals surface area contributed by atoms with E-state index >= 15 is 0 Å².